The van der Waals surface area contributed by atoms with Crippen LogP contribution in [0.2, 0.25) is 5.02 Å². The van der Waals surface area contributed by atoms with Gasteiger partial charge in [0.1, 0.15) is 17.7 Å². The molecule has 3 heterocycles. The lowest BCUT2D eigenvalue weighted by Gasteiger charge is -2.32. The second kappa shape index (κ2) is 7.88. The van der Waals surface area contributed by atoms with Crippen LogP contribution in [-0.4, -0.2) is 49.0 Å². The van der Waals surface area contributed by atoms with Crippen LogP contribution in [0, 0.1) is 6.92 Å². The Balaban J connectivity index is 1.63. The minimum absolute atomic E-state index is 0.0604. The molecule has 1 aromatic carbocycles. The number of hydrogen-bond donors (Lipinski definition) is 1. The van der Waals surface area contributed by atoms with Crippen molar-refractivity contribution in [3.05, 3.63) is 40.5 Å². The lowest BCUT2D eigenvalue weighted by Crippen LogP contribution is -2.38. The van der Waals surface area contributed by atoms with E-state index in [9.17, 15) is 0 Å². The van der Waals surface area contributed by atoms with Gasteiger partial charge < -0.3 is 24.8 Å². The highest BCUT2D eigenvalue weighted by atomic mass is 35.5. The largest absolute Gasteiger partial charge is 0.486 e. The molecule has 0 bridgehead atoms. The smallest absolute Gasteiger partial charge is 0.222 e. The zero-order valence-corrected chi connectivity index (χ0v) is 16.0. The molecule has 144 valence electrons. The van der Waals surface area contributed by atoms with Crippen molar-refractivity contribution in [2.24, 2.45) is 0 Å². The fraction of sp³-hybridized carbons (Fsp3) is 0.474. The summed E-state index contributed by atoms with van der Waals surface area (Å²) in [6, 6.07) is 7.69. The highest BCUT2D eigenvalue weighted by Gasteiger charge is 2.27. The van der Waals surface area contributed by atoms with Crippen molar-refractivity contribution in [1.82, 2.24) is 9.97 Å². The molecule has 1 atom stereocenters. The van der Waals surface area contributed by atoms with Crippen LogP contribution in [0.3, 0.4) is 0 Å². The summed E-state index contributed by atoms with van der Waals surface area (Å²) in [5.41, 5.74) is 7.68. The number of ether oxygens (including phenoxy) is 3. The van der Waals surface area contributed by atoms with Gasteiger partial charge in [0.15, 0.2) is 0 Å². The molecule has 1 aromatic heterocycles. The van der Waals surface area contributed by atoms with E-state index in [1.54, 1.807) is 0 Å². The Morgan fingerprint density at radius 2 is 2.04 bits per heavy atom. The van der Waals surface area contributed by atoms with Crippen molar-refractivity contribution in [3.8, 4) is 5.75 Å². The van der Waals surface area contributed by atoms with Crippen molar-refractivity contribution in [2.45, 2.75) is 25.5 Å². The molecule has 8 heteroatoms. The summed E-state index contributed by atoms with van der Waals surface area (Å²) >= 11 is 6.63. The molecule has 2 saturated heterocycles. The molecule has 2 aliphatic rings. The topological polar surface area (TPSA) is 82.7 Å². The van der Waals surface area contributed by atoms with Crippen LogP contribution in [0.1, 0.15) is 23.7 Å². The Morgan fingerprint density at radius 1 is 1.19 bits per heavy atom. The summed E-state index contributed by atoms with van der Waals surface area (Å²) < 4.78 is 16.8. The Labute approximate surface area is 163 Å². The molecule has 7 nitrogen and oxygen atoms in total. The van der Waals surface area contributed by atoms with Gasteiger partial charge in [0.05, 0.1) is 25.9 Å². The van der Waals surface area contributed by atoms with Gasteiger partial charge in [0.2, 0.25) is 5.95 Å². The molecule has 0 radical (unpaired) electrons. The number of anilines is 2. The van der Waals surface area contributed by atoms with Gasteiger partial charge in [0, 0.05) is 29.9 Å². The highest BCUT2D eigenvalue weighted by Crippen LogP contribution is 2.35. The maximum Gasteiger partial charge on any atom is 0.222 e. The van der Waals surface area contributed by atoms with E-state index in [1.807, 2.05) is 31.2 Å². The van der Waals surface area contributed by atoms with Crippen LogP contribution in [0.5, 0.6) is 5.75 Å². The number of benzene rings is 1. The third-order valence-corrected chi connectivity index (χ3v) is 5.06. The molecule has 0 spiro atoms. The van der Waals surface area contributed by atoms with Crippen molar-refractivity contribution < 1.29 is 14.2 Å². The van der Waals surface area contributed by atoms with E-state index in [2.05, 4.69) is 14.9 Å². The number of aryl methyl sites for hydroxylation is 1. The number of aromatic nitrogens is 2. The Morgan fingerprint density at radius 3 is 2.74 bits per heavy atom. The molecular weight excluding hydrogens is 368 g/mol. The monoisotopic (exact) mass is 390 g/mol. The first-order valence-electron chi connectivity index (χ1n) is 9.09. The second-order valence-electron chi connectivity index (χ2n) is 6.82. The van der Waals surface area contributed by atoms with Crippen LogP contribution in [0.15, 0.2) is 24.3 Å². The zero-order chi connectivity index (χ0) is 18.8. The Bertz CT molecular complexity index is 795. The van der Waals surface area contributed by atoms with Gasteiger partial charge in [-0.2, -0.15) is 4.98 Å². The number of nitrogen functional groups attached to an aromatic ring is 1. The maximum atomic E-state index is 6.63. The number of halogens is 1. The summed E-state index contributed by atoms with van der Waals surface area (Å²) in [6.45, 7) is 5.19. The fourth-order valence-corrected chi connectivity index (χ4v) is 3.65. The van der Waals surface area contributed by atoms with E-state index in [0.717, 1.165) is 35.8 Å². The zero-order valence-electron chi connectivity index (χ0n) is 15.2. The SMILES string of the molecule is Cc1cc(N2CCCOC[C@H]2c2ccc(OC3COC3)cc2Cl)nc(N)n1. The molecular formula is C19H23ClN4O3. The van der Waals surface area contributed by atoms with Gasteiger partial charge in [-0.25, -0.2) is 4.98 Å². The van der Waals surface area contributed by atoms with Crippen molar-refractivity contribution >= 4 is 23.4 Å². The molecule has 4 rings (SSSR count). The van der Waals surface area contributed by atoms with Crippen molar-refractivity contribution in [1.29, 1.82) is 0 Å². The van der Waals surface area contributed by atoms with Gasteiger partial charge >= 0.3 is 0 Å². The lowest BCUT2D eigenvalue weighted by molar-refractivity contribution is -0.0796. The third kappa shape index (κ3) is 4.10. The standard InChI is InChI=1S/C19H23ClN4O3/c1-12-7-18(23-19(21)22-12)24-5-2-6-25-11-17(24)15-4-3-13(8-16(15)20)27-14-9-26-10-14/h3-4,7-8,14,17H,2,5-6,9-11H2,1H3,(H2,21,22,23)/t17-/m0/s1. The highest BCUT2D eigenvalue weighted by molar-refractivity contribution is 6.31. The molecule has 0 saturated carbocycles. The molecule has 2 N–H and O–H groups in total. The summed E-state index contributed by atoms with van der Waals surface area (Å²) in [6.07, 6.45) is 1.01. The first kappa shape index (κ1) is 18.3. The Hall–Kier alpha value is -2.09. The van der Waals surface area contributed by atoms with Crippen LogP contribution in [0.25, 0.3) is 0 Å². The third-order valence-electron chi connectivity index (χ3n) is 4.73. The van der Waals surface area contributed by atoms with E-state index < -0.39 is 0 Å². The normalized spacial score (nSPS) is 20.8. The average Bonchev–Trinajstić information content (AvgIpc) is 2.83. The number of rotatable bonds is 4. The molecule has 2 aliphatic heterocycles. The summed E-state index contributed by atoms with van der Waals surface area (Å²) in [7, 11) is 0. The van der Waals surface area contributed by atoms with Crippen molar-refractivity contribution in [3.63, 3.8) is 0 Å². The van der Waals surface area contributed by atoms with E-state index in [0.29, 0.717) is 31.5 Å². The van der Waals surface area contributed by atoms with E-state index >= 15 is 0 Å². The fourth-order valence-electron chi connectivity index (χ4n) is 3.36. The van der Waals surface area contributed by atoms with Gasteiger partial charge in [-0.05, 0) is 31.0 Å². The van der Waals surface area contributed by atoms with Gasteiger partial charge in [-0.1, -0.05) is 17.7 Å². The summed E-state index contributed by atoms with van der Waals surface area (Å²) in [5.74, 6) is 1.81. The number of nitrogens with two attached hydrogens (primary N) is 1. The van der Waals surface area contributed by atoms with Gasteiger partial charge in [-0.15, -0.1) is 0 Å². The first-order valence-corrected chi connectivity index (χ1v) is 9.47. The van der Waals surface area contributed by atoms with Gasteiger partial charge in [-0.3, -0.25) is 0 Å². The lowest BCUT2D eigenvalue weighted by atomic mass is 10.1. The Kier molecular flexibility index (Phi) is 5.33. The molecule has 27 heavy (non-hydrogen) atoms. The number of hydrogen-bond acceptors (Lipinski definition) is 7. The second-order valence-corrected chi connectivity index (χ2v) is 7.23. The predicted molar refractivity (Wildman–Crippen MR) is 103 cm³/mol. The number of nitrogens with zero attached hydrogens (tertiary/aromatic N) is 3. The summed E-state index contributed by atoms with van der Waals surface area (Å²) in [4.78, 5) is 10.8. The minimum Gasteiger partial charge on any atom is -0.486 e. The molecule has 0 aliphatic carbocycles. The molecule has 2 aromatic rings. The quantitative estimate of drug-likeness (QED) is 0.859. The molecule has 0 amide bonds. The predicted octanol–water partition coefficient (Wildman–Crippen LogP) is 2.77. The van der Waals surface area contributed by atoms with E-state index in [-0.39, 0.29) is 18.1 Å². The average molecular weight is 391 g/mol. The maximum absolute atomic E-state index is 6.63. The van der Waals surface area contributed by atoms with Crippen LogP contribution in [-0.2, 0) is 9.47 Å². The molecule has 0 unspecified atom stereocenters. The van der Waals surface area contributed by atoms with E-state index in [1.165, 1.54) is 0 Å². The minimum atomic E-state index is -0.0604. The van der Waals surface area contributed by atoms with Crippen LogP contribution < -0.4 is 15.4 Å². The van der Waals surface area contributed by atoms with E-state index in [4.69, 9.17) is 31.5 Å². The van der Waals surface area contributed by atoms with Crippen LogP contribution >= 0.6 is 11.6 Å². The van der Waals surface area contributed by atoms with Crippen molar-refractivity contribution in [2.75, 3.05) is 43.6 Å². The van der Waals surface area contributed by atoms with Crippen LogP contribution in [0.4, 0.5) is 11.8 Å². The summed E-state index contributed by atoms with van der Waals surface area (Å²) in [5, 5.41) is 0.645. The van der Waals surface area contributed by atoms with Gasteiger partial charge in [0.25, 0.3) is 0 Å². The first-order chi connectivity index (χ1) is 13.1. The molecule has 2 fully saturated rings.